The second-order valence-electron chi connectivity index (χ2n) is 6.44. The van der Waals surface area contributed by atoms with Crippen molar-refractivity contribution in [3.05, 3.63) is 90.0 Å². The summed E-state index contributed by atoms with van der Waals surface area (Å²) >= 11 is 1.60. The zero-order valence-electron chi connectivity index (χ0n) is 15.8. The fourth-order valence-corrected chi connectivity index (χ4v) is 3.82. The van der Waals surface area contributed by atoms with E-state index in [4.69, 9.17) is 9.72 Å². The SMILES string of the molecule is COc1ccc(C=Nc2nc(-c3ccc(C)cc3)c(-c3ccccc3)s2)cc1. The van der Waals surface area contributed by atoms with Crippen LogP contribution in [0.5, 0.6) is 5.75 Å². The molecule has 3 aromatic carbocycles. The second-order valence-corrected chi connectivity index (χ2v) is 7.42. The van der Waals surface area contributed by atoms with Crippen molar-refractivity contribution in [2.45, 2.75) is 6.92 Å². The quantitative estimate of drug-likeness (QED) is 0.366. The summed E-state index contributed by atoms with van der Waals surface area (Å²) in [6.07, 6.45) is 1.84. The maximum absolute atomic E-state index is 5.20. The number of hydrogen-bond donors (Lipinski definition) is 0. The maximum atomic E-state index is 5.20. The minimum absolute atomic E-state index is 0.741. The molecule has 28 heavy (non-hydrogen) atoms. The van der Waals surface area contributed by atoms with Crippen LogP contribution in [0, 0.1) is 6.92 Å². The first-order chi connectivity index (χ1) is 13.7. The Bertz CT molecular complexity index is 1080. The summed E-state index contributed by atoms with van der Waals surface area (Å²) < 4.78 is 5.20. The number of aromatic nitrogens is 1. The number of rotatable bonds is 5. The van der Waals surface area contributed by atoms with Crippen molar-refractivity contribution in [2.75, 3.05) is 7.11 Å². The topological polar surface area (TPSA) is 34.5 Å². The maximum Gasteiger partial charge on any atom is 0.210 e. The number of thiazole rings is 1. The van der Waals surface area contributed by atoms with E-state index < -0.39 is 0 Å². The highest BCUT2D eigenvalue weighted by Gasteiger charge is 2.14. The molecule has 0 aliphatic carbocycles. The van der Waals surface area contributed by atoms with E-state index in [-0.39, 0.29) is 0 Å². The third-order valence-corrected chi connectivity index (χ3v) is 5.43. The van der Waals surface area contributed by atoms with Crippen LogP contribution in [0.1, 0.15) is 11.1 Å². The third kappa shape index (κ3) is 4.02. The van der Waals surface area contributed by atoms with Crippen LogP contribution in [0.3, 0.4) is 0 Å². The lowest BCUT2D eigenvalue weighted by Crippen LogP contribution is -1.84. The minimum Gasteiger partial charge on any atom is -0.497 e. The number of aliphatic imine (C=N–C) groups is 1. The molecule has 0 saturated carbocycles. The van der Waals surface area contributed by atoms with E-state index in [0.717, 1.165) is 38.1 Å². The molecule has 0 fully saturated rings. The van der Waals surface area contributed by atoms with Crippen molar-refractivity contribution in [1.82, 2.24) is 4.98 Å². The first-order valence-corrected chi connectivity index (χ1v) is 9.86. The molecule has 0 saturated heterocycles. The van der Waals surface area contributed by atoms with E-state index in [2.05, 4.69) is 48.3 Å². The molecule has 0 N–H and O–H groups in total. The number of nitrogens with zero attached hydrogens (tertiary/aromatic N) is 2. The average molecular weight is 385 g/mol. The van der Waals surface area contributed by atoms with Crippen molar-refractivity contribution < 1.29 is 4.74 Å². The summed E-state index contributed by atoms with van der Waals surface area (Å²) in [7, 11) is 1.66. The molecule has 0 radical (unpaired) electrons. The molecular formula is C24H20N2OS. The van der Waals surface area contributed by atoms with Gasteiger partial charge >= 0.3 is 0 Å². The van der Waals surface area contributed by atoms with Gasteiger partial charge in [-0.3, -0.25) is 0 Å². The monoisotopic (exact) mass is 384 g/mol. The molecule has 4 rings (SSSR count). The predicted molar refractivity (Wildman–Crippen MR) is 118 cm³/mol. The molecule has 0 bridgehead atoms. The van der Waals surface area contributed by atoms with E-state index in [1.54, 1.807) is 18.4 Å². The van der Waals surface area contributed by atoms with Crippen LogP contribution in [0.25, 0.3) is 21.7 Å². The number of hydrogen-bond acceptors (Lipinski definition) is 4. The predicted octanol–water partition coefficient (Wildman–Crippen LogP) is 6.54. The molecule has 1 heterocycles. The van der Waals surface area contributed by atoms with E-state index in [1.807, 2.05) is 48.7 Å². The third-order valence-electron chi connectivity index (χ3n) is 4.42. The highest BCUT2D eigenvalue weighted by Crippen LogP contribution is 2.40. The normalized spacial score (nSPS) is 11.1. The van der Waals surface area contributed by atoms with Crippen LogP contribution in [0.15, 0.2) is 83.9 Å². The molecule has 0 unspecified atom stereocenters. The van der Waals surface area contributed by atoms with Crippen LogP contribution in [0.4, 0.5) is 5.13 Å². The smallest absolute Gasteiger partial charge is 0.210 e. The Morgan fingerprint density at radius 3 is 2.25 bits per heavy atom. The van der Waals surface area contributed by atoms with Gasteiger partial charge in [0.15, 0.2) is 0 Å². The average Bonchev–Trinajstić information content (AvgIpc) is 3.18. The van der Waals surface area contributed by atoms with Gasteiger partial charge in [-0.15, -0.1) is 0 Å². The Labute approximate surface area is 169 Å². The molecule has 4 heteroatoms. The van der Waals surface area contributed by atoms with E-state index >= 15 is 0 Å². The first-order valence-electron chi connectivity index (χ1n) is 9.04. The second kappa shape index (κ2) is 8.19. The first kappa shape index (κ1) is 18.1. The van der Waals surface area contributed by atoms with Gasteiger partial charge in [-0.05, 0) is 42.3 Å². The summed E-state index contributed by atoms with van der Waals surface area (Å²) in [6, 6.07) is 26.6. The van der Waals surface area contributed by atoms with Crippen LogP contribution >= 0.6 is 11.3 Å². The molecular weight excluding hydrogens is 364 g/mol. The van der Waals surface area contributed by atoms with Crippen molar-refractivity contribution in [2.24, 2.45) is 4.99 Å². The largest absolute Gasteiger partial charge is 0.497 e. The molecule has 4 aromatic rings. The summed E-state index contributed by atoms with van der Waals surface area (Å²) in [5.41, 5.74) is 5.47. The lowest BCUT2D eigenvalue weighted by Gasteiger charge is -2.03. The molecule has 0 amide bonds. The highest BCUT2D eigenvalue weighted by atomic mass is 32.1. The molecule has 3 nitrogen and oxygen atoms in total. The Balaban J connectivity index is 1.72. The van der Waals surface area contributed by atoms with Gasteiger partial charge in [0.05, 0.1) is 17.7 Å². The van der Waals surface area contributed by atoms with Gasteiger partial charge in [-0.2, -0.15) is 0 Å². The fraction of sp³-hybridized carbons (Fsp3) is 0.0833. The zero-order chi connectivity index (χ0) is 19.3. The summed E-state index contributed by atoms with van der Waals surface area (Å²) in [5.74, 6) is 0.833. The van der Waals surface area contributed by atoms with Gasteiger partial charge in [-0.1, -0.05) is 71.5 Å². The molecule has 138 valence electrons. The summed E-state index contributed by atoms with van der Waals surface area (Å²) in [6.45, 7) is 2.09. The number of benzene rings is 3. The summed E-state index contributed by atoms with van der Waals surface area (Å²) in [4.78, 5) is 10.6. The molecule has 0 aliphatic heterocycles. The fourth-order valence-electron chi connectivity index (χ4n) is 2.88. The van der Waals surface area contributed by atoms with Crippen molar-refractivity contribution in [1.29, 1.82) is 0 Å². The standard InChI is InChI=1S/C24H20N2OS/c1-17-8-12-19(13-9-17)22-23(20-6-4-3-5-7-20)28-24(26-22)25-16-18-10-14-21(27-2)15-11-18/h3-16H,1-2H3. The van der Waals surface area contributed by atoms with Crippen LogP contribution in [-0.2, 0) is 0 Å². The van der Waals surface area contributed by atoms with Crippen LogP contribution < -0.4 is 4.74 Å². The zero-order valence-corrected chi connectivity index (χ0v) is 16.6. The van der Waals surface area contributed by atoms with Gasteiger partial charge < -0.3 is 4.74 Å². The van der Waals surface area contributed by atoms with Gasteiger partial charge in [0.25, 0.3) is 0 Å². The molecule has 0 atom stereocenters. The van der Waals surface area contributed by atoms with Gasteiger partial charge in [0, 0.05) is 11.8 Å². The van der Waals surface area contributed by atoms with Crippen molar-refractivity contribution in [3.8, 4) is 27.4 Å². The van der Waals surface area contributed by atoms with Gasteiger partial charge in [0.1, 0.15) is 5.75 Å². The van der Waals surface area contributed by atoms with Gasteiger partial charge in [-0.25, -0.2) is 9.98 Å². The summed E-state index contributed by atoms with van der Waals surface area (Å²) in [5, 5.41) is 0.741. The number of aryl methyl sites for hydroxylation is 1. The Morgan fingerprint density at radius 2 is 1.57 bits per heavy atom. The number of methoxy groups -OCH3 is 1. The molecule has 0 aliphatic rings. The lowest BCUT2D eigenvalue weighted by atomic mass is 10.1. The van der Waals surface area contributed by atoms with Crippen molar-refractivity contribution >= 4 is 22.7 Å². The van der Waals surface area contributed by atoms with E-state index in [1.165, 1.54) is 5.56 Å². The van der Waals surface area contributed by atoms with E-state index in [0.29, 0.717) is 0 Å². The van der Waals surface area contributed by atoms with Crippen LogP contribution in [-0.4, -0.2) is 18.3 Å². The Morgan fingerprint density at radius 1 is 0.857 bits per heavy atom. The molecule has 1 aromatic heterocycles. The Kier molecular flexibility index (Phi) is 5.31. The van der Waals surface area contributed by atoms with E-state index in [9.17, 15) is 0 Å². The number of ether oxygens (including phenoxy) is 1. The van der Waals surface area contributed by atoms with Gasteiger partial charge in [0.2, 0.25) is 5.13 Å². The van der Waals surface area contributed by atoms with Crippen LogP contribution in [0.2, 0.25) is 0 Å². The lowest BCUT2D eigenvalue weighted by molar-refractivity contribution is 0.415. The molecule has 0 spiro atoms. The minimum atomic E-state index is 0.741. The Hall–Kier alpha value is -3.24. The van der Waals surface area contributed by atoms with Crippen molar-refractivity contribution in [3.63, 3.8) is 0 Å². The highest BCUT2D eigenvalue weighted by molar-refractivity contribution is 7.19.